The number of likely N-dealkylation sites (tertiary alicyclic amines) is 2. The third-order valence-electron chi connectivity index (χ3n) is 6.25. The zero-order chi connectivity index (χ0) is 17.9. The van der Waals surface area contributed by atoms with Gasteiger partial charge in [-0.25, -0.2) is 0 Å². The molecule has 0 aromatic heterocycles. The Hall–Kier alpha value is -1.88. The van der Waals surface area contributed by atoms with Crippen LogP contribution in [-0.2, 0) is 9.59 Å². The Morgan fingerprint density at radius 2 is 1.54 bits per heavy atom. The third kappa shape index (κ3) is 3.50. The summed E-state index contributed by atoms with van der Waals surface area (Å²) >= 11 is 0. The summed E-state index contributed by atoms with van der Waals surface area (Å²) in [4.78, 5) is 32.0. The molecule has 3 heterocycles. The molecule has 0 bridgehead atoms. The van der Waals surface area contributed by atoms with Crippen molar-refractivity contribution in [2.24, 2.45) is 5.92 Å². The van der Waals surface area contributed by atoms with Gasteiger partial charge in [-0.1, -0.05) is 24.6 Å². The molecule has 140 valence electrons. The lowest BCUT2D eigenvalue weighted by molar-refractivity contribution is -0.141. The topological polar surface area (TPSA) is 43.9 Å². The van der Waals surface area contributed by atoms with Crippen molar-refractivity contribution >= 4 is 17.5 Å². The molecule has 2 amide bonds. The summed E-state index contributed by atoms with van der Waals surface area (Å²) in [7, 11) is 0. The number of piperidine rings is 2. The Balaban J connectivity index is 1.33. The maximum Gasteiger partial charge on any atom is 0.239 e. The highest BCUT2D eigenvalue weighted by atomic mass is 16.2. The molecule has 1 atom stereocenters. The van der Waals surface area contributed by atoms with Gasteiger partial charge in [0.05, 0.1) is 0 Å². The SMILES string of the molecule is O=C([C@@H]1CCN(c2ccccc2)C1=O)N1CCC(N2CCCCC2)CC1. The Labute approximate surface area is 155 Å². The van der Waals surface area contributed by atoms with Crippen LogP contribution in [0.1, 0.15) is 38.5 Å². The molecule has 26 heavy (non-hydrogen) atoms. The monoisotopic (exact) mass is 355 g/mol. The van der Waals surface area contributed by atoms with Crippen LogP contribution in [-0.4, -0.2) is 60.4 Å². The van der Waals surface area contributed by atoms with Gasteiger partial charge in [0.2, 0.25) is 11.8 Å². The van der Waals surface area contributed by atoms with E-state index in [1.807, 2.05) is 35.2 Å². The summed E-state index contributed by atoms with van der Waals surface area (Å²) in [6.45, 7) is 4.67. The van der Waals surface area contributed by atoms with E-state index in [0.29, 0.717) is 19.0 Å². The average molecular weight is 355 g/mol. The fraction of sp³-hybridized carbons (Fsp3) is 0.619. The molecule has 0 aliphatic carbocycles. The first kappa shape index (κ1) is 17.5. The van der Waals surface area contributed by atoms with Crippen LogP contribution >= 0.6 is 0 Å². The molecule has 1 aromatic rings. The molecule has 3 saturated heterocycles. The van der Waals surface area contributed by atoms with Crippen molar-refractivity contribution in [3.05, 3.63) is 30.3 Å². The summed E-state index contributed by atoms with van der Waals surface area (Å²) in [5.74, 6) is -0.466. The Morgan fingerprint density at radius 3 is 2.23 bits per heavy atom. The van der Waals surface area contributed by atoms with Crippen molar-refractivity contribution in [1.82, 2.24) is 9.80 Å². The van der Waals surface area contributed by atoms with Gasteiger partial charge in [-0.05, 0) is 57.3 Å². The van der Waals surface area contributed by atoms with E-state index in [1.165, 1.54) is 32.4 Å². The van der Waals surface area contributed by atoms with Gasteiger partial charge in [0.1, 0.15) is 5.92 Å². The van der Waals surface area contributed by atoms with Crippen molar-refractivity contribution in [2.45, 2.75) is 44.6 Å². The van der Waals surface area contributed by atoms with Crippen molar-refractivity contribution in [3.63, 3.8) is 0 Å². The average Bonchev–Trinajstić information content (AvgIpc) is 3.10. The molecule has 0 N–H and O–H groups in total. The lowest BCUT2D eigenvalue weighted by atomic mass is 9.98. The van der Waals surface area contributed by atoms with E-state index in [2.05, 4.69) is 4.90 Å². The number of para-hydroxylation sites is 1. The fourth-order valence-corrected chi connectivity index (χ4v) is 4.73. The molecule has 3 fully saturated rings. The Kier molecular flexibility index (Phi) is 5.25. The normalized spacial score (nSPS) is 25.7. The lowest BCUT2D eigenvalue weighted by Crippen LogP contribution is -2.50. The predicted molar refractivity (Wildman–Crippen MR) is 102 cm³/mol. The van der Waals surface area contributed by atoms with E-state index in [4.69, 9.17) is 0 Å². The molecule has 0 unspecified atom stereocenters. The van der Waals surface area contributed by atoms with Gasteiger partial charge >= 0.3 is 0 Å². The Morgan fingerprint density at radius 1 is 0.846 bits per heavy atom. The van der Waals surface area contributed by atoms with Crippen LogP contribution in [0.15, 0.2) is 30.3 Å². The molecule has 0 radical (unpaired) electrons. The number of carbonyl (C=O) groups is 2. The third-order valence-corrected chi connectivity index (χ3v) is 6.25. The molecule has 3 aliphatic rings. The first-order chi connectivity index (χ1) is 12.7. The first-order valence-electron chi connectivity index (χ1n) is 10.1. The maximum atomic E-state index is 12.9. The van der Waals surface area contributed by atoms with Crippen LogP contribution in [0.2, 0.25) is 0 Å². The minimum atomic E-state index is -0.484. The lowest BCUT2D eigenvalue weighted by Gasteiger charge is -2.40. The number of rotatable bonds is 3. The number of carbonyl (C=O) groups excluding carboxylic acids is 2. The molecule has 4 rings (SSSR count). The van der Waals surface area contributed by atoms with E-state index in [1.54, 1.807) is 4.90 Å². The highest BCUT2D eigenvalue weighted by molar-refractivity contribution is 6.09. The van der Waals surface area contributed by atoms with Gasteiger partial charge in [0.15, 0.2) is 0 Å². The van der Waals surface area contributed by atoms with Crippen molar-refractivity contribution in [1.29, 1.82) is 0 Å². The fourth-order valence-electron chi connectivity index (χ4n) is 4.73. The van der Waals surface area contributed by atoms with Gasteiger partial charge < -0.3 is 14.7 Å². The van der Waals surface area contributed by atoms with Crippen LogP contribution in [0.5, 0.6) is 0 Å². The number of nitrogens with zero attached hydrogens (tertiary/aromatic N) is 3. The van der Waals surface area contributed by atoms with Gasteiger partial charge in [-0.3, -0.25) is 9.59 Å². The number of hydrogen-bond acceptors (Lipinski definition) is 3. The molecule has 3 aliphatic heterocycles. The first-order valence-corrected chi connectivity index (χ1v) is 10.1. The number of amides is 2. The summed E-state index contributed by atoms with van der Waals surface area (Å²) in [5.41, 5.74) is 0.900. The van der Waals surface area contributed by atoms with E-state index >= 15 is 0 Å². The highest BCUT2D eigenvalue weighted by Crippen LogP contribution is 2.28. The summed E-state index contributed by atoms with van der Waals surface area (Å²) < 4.78 is 0. The highest BCUT2D eigenvalue weighted by Gasteiger charge is 2.40. The van der Waals surface area contributed by atoms with E-state index in [9.17, 15) is 9.59 Å². The number of hydrogen-bond donors (Lipinski definition) is 0. The second kappa shape index (κ2) is 7.78. The van der Waals surface area contributed by atoms with Gasteiger partial charge in [0.25, 0.3) is 0 Å². The second-order valence-electron chi connectivity index (χ2n) is 7.82. The van der Waals surface area contributed by atoms with Crippen molar-refractivity contribution in [3.8, 4) is 0 Å². The molecule has 5 nitrogen and oxygen atoms in total. The number of benzene rings is 1. The van der Waals surface area contributed by atoms with Crippen LogP contribution in [0.4, 0.5) is 5.69 Å². The van der Waals surface area contributed by atoms with Crippen LogP contribution in [0.25, 0.3) is 0 Å². The zero-order valence-electron chi connectivity index (χ0n) is 15.5. The minimum absolute atomic E-state index is 0.0284. The van der Waals surface area contributed by atoms with Crippen LogP contribution in [0, 0.1) is 5.92 Å². The van der Waals surface area contributed by atoms with Crippen LogP contribution in [0.3, 0.4) is 0 Å². The molecule has 0 spiro atoms. The standard InChI is InChI=1S/C21H29N3O2/c25-20(19-11-16-24(21(19)26)18-7-3-1-4-8-18)23-14-9-17(10-15-23)22-12-5-2-6-13-22/h1,3-4,7-8,17,19H,2,5-6,9-16H2/t19-/m0/s1. The summed E-state index contributed by atoms with van der Waals surface area (Å²) in [5, 5.41) is 0. The van der Waals surface area contributed by atoms with Gasteiger partial charge in [-0.15, -0.1) is 0 Å². The van der Waals surface area contributed by atoms with Gasteiger partial charge in [0, 0.05) is 31.4 Å². The smallest absolute Gasteiger partial charge is 0.239 e. The van der Waals surface area contributed by atoms with E-state index in [0.717, 1.165) is 31.6 Å². The largest absolute Gasteiger partial charge is 0.342 e. The van der Waals surface area contributed by atoms with Gasteiger partial charge in [-0.2, -0.15) is 0 Å². The number of anilines is 1. The second-order valence-corrected chi connectivity index (χ2v) is 7.82. The summed E-state index contributed by atoms with van der Waals surface area (Å²) in [6.07, 6.45) is 6.72. The maximum absolute atomic E-state index is 12.9. The van der Waals surface area contributed by atoms with E-state index < -0.39 is 5.92 Å². The molecule has 1 aromatic carbocycles. The molecular weight excluding hydrogens is 326 g/mol. The zero-order valence-corrected chi connectivity index (χ0v) is 15.5. The minimum Gasteiger partial charge on any atom is -0.342 e. The molecule has 5 heteroatoms. The summed E-state index contributed by atoms with van der Waals surface area (Å²) in [6, 6.07) is 10.3. The Bertz CT molecular complexity index is 634. The quantitative estimate of drug-likeness (QED) is 0.783. The molecule has 0 saturated carbocycles. The van der Waals surface area contributed by atoms with E-state index in [-0.39, 0.29) is 11.8 Å². The van der Waals surface area contributed by atoms with Crippen molar-refractivity contribution < 1.29 is 9.59 Å². The van der Waals surface area contributed by atoms with Crippen LogP contribution < -0.4 is 4.90 Å². The van der Waals surface area contributed by atoms with Crippen molar-refractivity contribution in [2.75, 3.05) is 37.6 Å². The molecular formula is C21H29N3O2. The predicted octanol–water partition coefficient (Wildman–Crippen LogP) is 2.52.